The van der Waals surface area contributed by atoms with Crippen LogP contribution in [0.25, 0.3) is 0 Å². The normalized spacial score (nSPS) is 30.2. The van der Waals surface area contributed by atoms with Crippen LogP contribution < -0.4 is 0 Å². The van der Waals surface area contributed by atoms with Gasteiger partial charge in [-0.25, -0.2) is 0 Å². The molecule has 0 aliphatic heterocycles. The molecule has 0 amide bonds. The highest BCUT2D eigenvalue weighted by Crippen LogP contribution is 2.35. The summed E-state index contributed by atoms with van der Waals surface area (Å²) in [6.45, 7) is 9.41. The van der Waals surface area contributed by atoms with E-state index < -0.39 is 0 Å². The summed E-state index contributed by atoms with van der Waals surface area (Å²) in [5.74, 6) is 3.42. The molecule has 1 rings (SSSR count). The monoisotopic (exact) mass is 166 g/mol. The lowest BCUT2D eigenvalue weighted by atomic mass is 9.72. The van der Waals surface area contributed by atoms with E-state index >= 15 is 0 Å². The van der Waals surface area contributed by atoms with Crippen molar-refractivity contribution in [3.05, 3.63) is 12.2 Å². The third-order valence-electron chi connectivity index (χ3n) is 3.15. The lowest BCUT2D eigenvalue weighted by Gasteiger charge is -2.33. The van der Waals surface area contributed by atoms with Crippen LogP contribution in [0.5, 0.6) is 0 Å². The summed E-state index contributed by atoms with van der Waals surface area (Å²) in [5.41, 5.74) is 0. The first-order chi connectivity index (χ1) is 5.63. The van der Waals surface area contributed by atoms with E-state index in [-0.39, 0.29) is 0 Å². The van der Waals surface area contributed by atoms with Gasteiger partial charge in [-0.3, -0.25) is 0 Å². The molecule has 0 spiro atoms. The fraction of sp³-hybridized carbons (Fsp3) is 0.833. The van der Waals surface area contributed by atoms with Gasteiger partial charge in [0.2, 0.25) is 0 Å². The number of allylic oxidation sites excluding steroid dienone is 2. The second-order valence-corrected chi connectivity index (χ2v) is 4.73. The molecule has 1 aliphatic rings. The molecule has 1 aliphatic carbocycles. The van der Waals surface area contributed by atoms with E-state index in [2.05, 4.69) is 39.8 Å². The minimum absolute atomic E-state index is 0.814. The Labute approximate surface area is 77.1 Å². The molecule has 0 bridgehead atoms. The molecule has 0 heteroatoms. The summed E-state index contributed by atoms with van der Waals surface area (Å²) in [5, 5.41) is 0. The molecule has 0 unspecified atom stereocenters. The molecule has 12 heavy (non-hydrogen) atoms. The predicted octanol–water partition coefficient (Wildman–Crippen LogP) is 3.88. The quantitative estimate of drug-likeness (QED) is 0.546. The van der Waals surface area contributed by atoms with Crippen molar-refractivity contribution >= 4 is 0 Å². The molecular weight excluding hydrogens is 144 g/mol. The van der Waals surface area contributed by atoms with Crippen LogP contribution >= 0.6 is 0 Å². The molecule has 0 saturated heterocycles. The Kier molecular flexibility index (Phi) is 3.37. The topological polar surface area (TPSA) is 0 Å². The third-order valence-corrected chi connectivity index (χ3v) is 3.15. The van der Waals surface area contributed by atoms with Gasteiger partial charge in [-0.1, -0.05) is 39.8 Å². The summed E-state index contributed by atoms with van der Waals surface area (Å²) in [6, 6.07) is 0. The second kappa shape index (κ2) is 4.11. The van der Waals surface area contributed by atoms with Crippen LogP contribution in [-0.2, 0) is 0 Å². The van der Waals surface area contributed by atoms with E-state index in [1.54, 1.807) is 0 Å². The summed E-state index contributed by atoms with van der Waals surface area (Å²) in [7, 11) is 0. The van der Waals surface area contributed by atoms with Gasteiger partial charge in [-0.05, 0) is 36.5 Å². The van der Waals surface area contributed by atoms with E-state index in [9.17, 15) is 0 Å². The van der Waals surface area contributed by atoms with Crippen LogP contribution in [0.2, 0.25) is 0 Å². The Balaban J connectivity index is 2.65. The molecule has 0 aromatic rings. The maximum atomic E-state index is 2.44. The standard InChI is InChI=1S/C12H22/c1-9(2)11-7-5-6-8-12(11)10(3)4/h5,7,9-12H,6,8H2,1-4H3/t11-,12-/m1/s1. The Hall–Kier alpha value is -0.260. The Morgan fingerprint density at radius 2 is 1.75 bits per heavy atom. The predicted molar refractivity (Wildman–Crippen MR) is 55.0 cm³/mol. The Bertz CT molecular complexity index is 153. The van der Waals surface area contributed by atoms with Gasteiger partial charge in [0.05, 0.1) is 0 Å². The first kappa shape index (κ1) is 9.83. The zero-order chi connectivity index (χ0) is 9.14. The van der Waals surface area contributed by atoms with Crippen molar-refractivity contribution in [3.8, 4) is 0 Å². The molecule has 0 aromatic carbocycles. The maximum Gasteiger partial charge on any atom is -0.0179 e. The minimum Gasteiger partial charge on any atom is -0.0882 e. The van der Waals surface area contributed by atoms with Crippen LogP contribution in [0.3, 0.4) is 0 Å². The van der Waals surface area contributed by atoms with Crippen LogP contribution in [-0.4, -0.2) is 0 Å². The summed E-state index contributed by atoms with van der Waals surface area (Å²) >= 11 is 0. The average Bonchev–Trinajstić information content (AvgIpc) is 2.04. The molecular formula is C12H22. The molecule has 0 saturated carbocycles. The average molecular weight is 166 g/mol. The van der Waals surface area contributed by atoms with Gasteiger partial charge < -0.3 is 0 Å². The number of hydrogen-bond donors (Lipinski definition) is 0. The lowest BCUT2D eigenvalue weighted by molar-refractivity contribution is 0.219. The molecule has 0 radical (unpaired) electrons. The van der Waals surface area contributed by atoms with Gasteiger partial charge >= 0.3 is 0 Å². The van der Waals surface area contributed by atoms with E-state index in [0.717, 1.165) is 23.7 Å². The second-order valence-electron chi connectivity index (χ2n) is 4.73. The minimum atomic E-state index is 0.814. The summed E-state index contributed by atoms with van der Waals surface area (Å²) < 4.78 is 0. The molecule has 70 valence electrons. The van der Waals surface area contributed by atoms with Gasteiger partial charge in [-0.15, -0.1) is 0 Å². The van der Waals surface area contributed by atoms with Crippen molar-refractivity contribution in [1.29, 1.82) is 0 Å². The lowest BCUT2D eigenvalue weighted by Crippen LogP contribution is -2.25. The fourth-order valence-electron chi connectivity index (χ4n) is 2.37. The van der Waals surface area contributed by atoms with Crippen molar-refractivity contribution in [2.75, 3.05) is 0 Å². The van der Waals surface area contributed by atoms with Crippen molar-refractivity contribution in [2.24, 2.45) is 23.7 Å². The molecule has 0 heterocycles. The molecule has 0 N–H and O–H groups in total. The van der Waals surface area contributed by atoms with E-state index in [1.165, 1.54) is 12.8 Å². The molecule has 0 nitrogen and oxygen atoms in total. The van der Waals surface area contributed by atoms with E-state index in [0.29, 0.717) is 0 Å². The largest absolute Gasteiger partial charge is 0.0882 e. The van der Waals surface area contributed by atoms with E-state index in [1.807, 2.05) is 0 Å². The van der Waals surface area contributed by atoms with Crippen molar-refractivity contribution in [1.82, 2.24) is 0 Å². The number of hydrogen-bond acceptors (Lipinski definition) is 0. The van der Waals surface area contributed by atoms with Crippen molar-refractivity contribution in [3.63, 3.8) is 0 Å². The molecule has 2 atom stereocenters. The van der Waals surface area contributed by atoms with Gasteiger partial charge in [0.25, 0.3) is 0 Å². The third kappa shape index (κ3) is 2.12. The highest BCUT2D eigenvalue weighted by Gasteiger charge is 2.26. The van der Waals surface area contributed by atoms with Gasteiger partial charge in [0.15, 0.2) is 0 Å². The Morgan fingerprint density at radius 1 is 1.08 bits per heavy atom. The molecule has 0 fully saturated rings. The fourth-order valence-corrected chi connectivity index (χ4v) is 2.37. The first-order valence-corrected chi connectivity index (χ1v) is 5.29. The van der Waals surface area contributed by atoms with E-state index in [4.69, 9.17) is 0 Å². The highest BCUT2D eigenvalue weighted by molar-refractivity contribution is 4.98. The number of rotatable bonds is 2. The van der Waals surface area contributed by atoms with Crippen molar-refractivity contribution in [2.45, 2.75) is 40.5 Å². The SMILES string of the molecule is CC(C)[C@H]1C=CCC[C@@H]1C(C)C. The van der Waals surface area contributed by atoms with Crippen molar-refractivity contribution < 1.29 is 0 Å². The van der Waals surface area contributed by atoms with Gasteiger partial charge in [0, 0.05) is 0 Å². The molecule has 0 aromatic heterocycles. The van der Waals surface area contributed by atoms with Crippen LogP contribution in [0.15, 0.2) is 12.2 Å². The van der Waals surface area contributed by atoms with Crippen LogP contribution in [0, 0.1) is 23.7 Å². The Morgan fingerprint density at radius 3 is 2.17 bits per heavy atom. The van der Waals surface area contributed by atoms with Gasteiger partial charge in [0.1, 0.15) is 0 Å². The maximum absolute atomic E-state index is 2.44. The zero-order valence-electron chi connectivity index (χ0n) is 8.88. The zero-order valence-corrected chi connectivity index (χ0v) is 8.88. The first-order valence-electron chi connectivity index (χ1n) is 5.29. The summed E-state index contributed by atoms with van der Waals surface area (Å²) in [6.07, 6.45) is 7.51. The highest BCUT2D eigenvalue weighted by atomic mass is 14.3. The van der Waals surface area contributed by atoms with Crippen LogP contribution in [0.1, 0.15) is 40.5 Å². The van der Waals surface area contributed by atoms with Crippen LogP contribution in [0.4, 0.5) is 0 Å². The van der Waals surface area contributed by atoms with Gasteiger partial charge in [-0.2, -0.15) is 0 Å². The summed E-state index contributed by atoms with van der Waals surface area (Å²) in [4.78, 5) is 0. The smallest absolute Gasteiger partial charge is 0.0179 e.